The Kier molecular flexibility index (Phi) is 5.58. The summed E-state index contributed by atoms with van der Waals surface area (Å²) in [7, 11) is 3.04. The minimum absolute atomic E-state index is 0.211. The molecule has 0 heterocycles. The van der Waals surface area contributed by atoms with Gasteiger partial charge in [0.2, 0.25) is 0 Å². The van der Waals surface area contributed by atoms with Crippen LogP contribution in [0.15, 0.2) is 30.3 Å². The number of hydrogen-bond acceptors (Lipinski definition) is 5. The number of hydrogen-bond donors (Lipinski definition) is 0. The van der Waals surface area contributed by atoms with Gasteiger partial charge < -0.3 is 18.9 Å². The molecular formula is C22H23FO5. The number of rotatable bonds is 6. The fraction of sp³-hybridized carbons (Fsp3) is 0.318. The van der Waals surface area contributed by atoms with Gasteiger partial charge in [-0.25, -0.2) is 9.18 Å². The molecule has 0 spiro atoms. The van der Waals surface area contributed by atoms with Gasteiger partial charge in [-0.1, -0.05) is 0 Å². The van der Waals surface area contributed by atoms with E-state index in [0.29, 0.717) is 44.4 Å². The summed E-state index contributed by atoms with van der Waals surface area (Å²) in [5, 5.41) is 2.11. The van der Waals surface area contributed by atoms with Crippen molar-refractivity contribution in [1.82, 2.24) is 0 Å². The Labute approximate surface area is 162 Å². The largest absolute Gasteiger partial charge is 0.496 e. The quantitative estimate of drug-likeness (QED) is 0.435. The third kappa shape index (κ3) is 3.42. The van der Waals surface area contributed by atoms with Crippen LogP contribution in [0.25, 0.3) is 21.5 Å². The van der Waals surface area contributed by atoms with Crippen molar-refractivity contribution in [3.8, 4) is 17.2 Å². The summed E-state index contributed by atoms with van der Waals surface area (Å²) in [6.07, 6.45) is -0.211. The van der Waals surface area contributed by atoms with E-state index < -0.39 is 11.8 Å². The summed E-state index contributed by atoms with van der Waals surface area (Å²) in [6.45, 7) is 5.70. The van der Waals surface area contributed by atoms with Crippen LogP contribution in [-0.4, -0.2) is 32.9 Å². The minimum Gasteiger partial charge on any atom is -0.496 e. The lowest BCUT2D eigenvalue weighted by Crippen LogP contribution is -2.09. The Morgan fingerprint density at radius 3 is 2.32 bits per heavy atom. The highest BCUT2D eigenvalue weighted by molar-refractivity contribution is 6.11. The molecule has 0 aliphatic rings. The number of benzene rings is 3. The topological polar surface area (TPSA) is 54.0 Å². The highest BCUT2D eigenvalue weighted by atomic mass is 19.1. The van der Waals surface area contributed by atoms with Gasteiger partial charge in [-0.2, -0.15) is 0 Å². The van der Waals surface area contributed by atoms with E-state index in [2.05, 4.69) is 0 Å². The van der Waals surface area contributed by atoms with Gasteiger partial charge >= 0.3 is 5.97 Å². The highest BCUT2D eigenvalue weighted by Gasteiger charge is 2.21. The second-order valence-corrected chi connectivity index (χ2v) is 6.54. The maximum Gasteiger partial charge on any atom is 0.338 e. The Bertz CT molecular complexity index is 1040. The van der Waals surface area contributed by atoms with Crippen LogP contribution in [-0.2, 0) is 4.74 Å². The molecule has 0 atom stereocenters. The monoisotopic (exact) mass is 386 g/mol. The van der Waals surface area contributed by atoms with Gasteiger partial charge in [-0.15, -0.1) is 0 Å². The van der Waals surface area contributed by atoms with E-state index in [9.17, 15) is 9.18 Å². The maximum atomic E-state index is 14.8. The first-order valence-electron chi connectivity index (χ1n) is 9.06. The summed E-state index contributed by atoms with van der Waals surface area (Å²) in [5.41, 5.74) is 0.308. The van der Waals surface area contributed by atoms with Crippen LogP contribution in [0.4, 0.5) is 4.39 Å². The lowest BCUT2D eigenvalue weighted by Gasteiger charge is -2.19. The SMILES string of the molecule is CCOC(=O)c1cc(OC)c2cc3c(OC)ccc(F)c3c(OC(C)C)c2c1. The van der Waals surface area contributed by atoms with Crippen molar-refractivity contribution in [2.45, 2.75) is 26.9 Å². The second kappa shape index (κ2) is 7.92. The smallest absolute Gasteiger partial charge is 0.338 e. The van der Waals surface area contributed by atoms with Crippen LogP contribution in [0.2, 0.25) is 0 Å². The molecule has 0 unspecified atom stereocenters. The Morgan fingerprint density at radius 1 is 1.00 bits per heavy atom. The Hall–Kier alpha value is -3.02. The zero-order valence-electron chi connectivity index (χ0n) is 16.6. The van der Waals surface area contributed by atoms with Gasteiger partial charge in [-0.3, -0.25) is 0 Å². The van der Waals surface area contributed by atoms with E-state index in [1.165, 1.54) is 20.3 Å². The molecule has 6 heteroatoms. The van der Waals surface area contributed by atoms with E-state index in [-0.39, 0.29) is 12.7 Å². The number of esters is 1. The molecule has 0 saturated carbocycles. The van der Waals surface area contributed by atoms with Crippen LogP contribution in [0, 0.1) is 5.82 Å². The molecule has 5 nitrogen and oxygen atoms in total. The van der Waals surface area contributed by atoms with Gasteiger partial charge in [0.05, 0.1) is 37.9 Å². The molecule has 0 aliphatic heterocycles. The molecule has 148 valence electrons. The van der Waals surface area contributed by atoms with E-state index in [1.54, 1.807) is 31.2 Å². The predicted molar refractivity (Wildman–Crippen MR) is 106 cm³/mol. The first kappa shape index (κ1) is 19.7. The van der Waals surface area contributed by atoms with Crippen LogP contribution < -0.4 is 14.2 Å². The van der Waals surface area contributed by atoms with E-state index in [1.807, 2.05) is 13.8 Å². The molecule has 3 rings (SSSR count). The highest BCUT2D eigenvalue weighted by Crippen LogP contribution is 2.44. The number of ether oxygens (including phenoxy) is 4. The van der Waals surface area contributed by atoms with Crippen LogP contribution in [0.1, 0.15) is 31.1 Å². The summed E-state index contributed by atoms with van der Waals surface area (Å²) < 4.78 is 36.9. The van der Waals surface area contributed by atoms with Crippen molar-refractivity contribution >= 4 is 27.5 Å². The number of halogens is 1. The molecule has 0 aromatic heterocycles. The van der Waals surface area contributed by atoms with E-state index in [0.717, 1.165) is 0 Å². The van der Waals surface area contributed by atoms with Gasteiger partial charge in [-0.05, 0) is 51.1 Å². The standard InChI is InChI=1S/C22H23FO5/c1-6-27-22(24)13-9-15-14(19(10-13)26-5)11-16-18(25-4)8-7-17(23)20(16)21(15)28-12(2)3/h7-12H,6H2,1-5H3. The maximum absolute atomic E-state index is 14.8. The molecule has 0 saturated heterocycles. The van der Waals surface area contributed by atoms with Crippen molar-refractivity contribution < 1.29 is 28.1 Å². The van der Waals surface area contributed by atoms with Crippen LogP contribution >= 0.6 is 0 Å². The number of methoxy groups -OCH3 is 2. The minimum atomic E-state index is -0.482. The van der Waals surface area contributed by atoms with Crippen molar-refractivity contribution in [2.75, 3.05) is 20.8 Å². The van der Waals surface area contributed by atoms with E-state index >= 15 is 0 Å². The zero-order valence-corrected chi connectivity index (χ0v) is 16.6. The van der Waals surface area contributed by atoms with Crippen molar-refractivity contribution in [2.24, 2.45) is 0 Å². The summed E-state index contributed by atoms with van der Waals surface area (Å²) in [4.78, 5) is 12.3. The Balaban J connectivity index is 2.48. The van der Waals surface area contributed by atoms with Crippen molar-refractivity contribution in [1.29, 1.82) is 0 Å². The second-order valence-electron chi connectivity index (χ2n) is 6.54. The molecule has 3 aromatic carbocycles. The van der Waals surface area contributed by atoms with Gasteiger partial charge in [0.15, 0.2) is 0 Å². The van der Waals surface area contributed by atoms with Gasteiger partial charge in [0.1, 0.15) is 23.1 Å². The third-order valence-electron chi connectivity index (χ3n) is 4.36. The van der Waals surface area contributed by atoms with Gasteiger partial charge in [0, 0.05) is 16.2 Å². The van der Waals surface area contributed by atoms with Crippen LogP contribution in [0.3, 0.4) is 0 Å². The summed E-state index contributed by atoms with van der Waals surface area (Å²) in [6, 6.07) is 7.95. The lowest BCUT2D eigenvalue weighted by atomic mass is 9.98. The average Bonchev–Trinajstić information content (AvgIpc) is 2.67. The number of carbonyl (C=O) groups is 1. The molecule has 3 aromatic rings. The first-order chi connectivity index (χ1) is 13.4. The van der Waals surface area contributed by atoms with Crippen LogP contribution in [0.5, 0.6) is 17.2 Å². The molecule has 0 fully saturated rings. The van der Waals surface area contributed by atoms with E-state index in [4.69, 9.17) is 18.9 Å². The molecular weight excluding hydrogens is 363 g/mol. The fourth-order valence-corrected chi connectivity index (χ4v) is 3.23. The molecule has 0 N–H and O–H groups in total. The normalized spacial score (nSPS) is 11.1. The number of carbonyl (C=O) groups excluding carboxylic acids is 1. The van der Waals surface area contributed by atoms with Crippen molar-refractivity contribution in [3.05, 3.63) is 41.7 Å². The van der Waals surface area contributed by atoms with Crippen molar-refractivity contribution in [3.63, 3.8) is 0 Å². The summed E-state index contributed by atoms with van der Waals surface area (Å²) in [5.74, 6) is 0.396. The third-order valence-corrected chi connectivity index (χ3v) is 4.36. The average molecular weight is 386 g/mol. The fourth-order valence-electron chi connectivity index (χ4n) is 3.23. The lowest BCUT2D eigenvalue weighted by molar-refractivity contribution is 0.0526. The first-order valence-corrected chi connectivity index (χ1v) is 9.06. The predicted octanol–water partition coefficient (Wildman–Crippen LogP) is 5.11. The zero-order chi connectivity index (χ0) is 20.4. The molecule has 0 aliphatic carbocycles. The molecule has 0 amide bonds. The summed E-state index contributed by atoms with van der Waals surface area (Å²) >= 11 is 0. The number of fused-ring (bicyclic) bond motifs is 2. The van der Waals surface area contributed by atoms with Gasteiger partial charge in [0.25, 0.3) is 0 Å². The Morgan fingerprint density at radius 2 is 1.71 bits per heavy atom. The molecule has 28 heavy (non-hydrogen) atoms. The molecule has 0 bridgehead atoms. The molecule has 0 radical (unpaired) electrons.